The summed E-state index contributed by atoms with van der Waals surface area (Å²) in [5.41, 5.74) is 0. The molecule has 9 heteroatoms. The number of hydrogen-bond donors (Lipinski definition) is 2. The van der Waals surface area contributed by atoms with Gasteiger partial charge in [-0.05, 0) is 6.42 Å². The van der Waals surface area contributed by atoms with Crippen LogP contribution in [0.15, 0.2) is 0 Å². The maximum atomic E-state index is 11.8. The Balaban J connectivity index is 2.59. The third kappa shape index (κ3) is 3.65. The van der Waals surface area contributed by atoms with Crippen LogP contribution in [0.1, 0.15) is 12.8 Å². The molecule has 2 N–H and O–H groups in total. The van der Waals surface area contributed by atoms with Crippen LogP contribution in [0.2, 0.25) is 0 Å². The van der Waals surface area contributed by atoms with E-state index in [9.17, 15) is 18.0 Å². The van der Waals surface area contributed by atoms with E-state index >= 15 is 0 Å². The van der Waals surface area contributed by atoms with Crippen LogP contribution in [0, 0.1) is 0 Å². The lowest BCUT2D eigenvalue weighted by atomic mass is 10.3. The first-order valence-corrected chi connectivity index (χ1v) is 6.88. The number of carboxylic acid groups (broad SMARTS) is 1. The van der Waals surface area contributed by atoms with Gasteiger partial charge in [-0.1, -0.05) is 0 Å². The van der Waals surface area contributed by atoms with Gasteiger partial charge >= 0.3 is 5.97 Å². The van der Waals surface area contributed by atoms with Gasteiger partial charge in [0.15, 0.2) is 0 Å². The van der Waals surface area contributed by atoms with Crippen molar-refractivity contribution in [2.24, 2.45) is 0 Å². The number of likely N-dealkylation sites (tertiary alicyclic amines) is 1. The van der Waals surface area contributed by atoms with Crippen molar-refractivity contribution in [1.82, 2.24) is 13.9 Å². The monoisotopic (exact) mass is 279 g/mol. The zero-order valence-electron chi connectivity index (χ0n) is 10.3. The van der Waals surface area contributed by atoms with Gasteiger partial charge < -0.3 is 10.0 Å². The van der Waals surface area contributed by atoms with Crippen molar-refractivity contribution in [2.45, 2.75) is 18.9 Å². The average molecular weight is 279 g/mol. The highest BCUT2D eigenvalue weighted by molar-refractivity contribution is 7.87. The summed E-state index contributed by atoms with van der Waals surface area (Å²) >= 11 is 0. The first kappa shape index (κ1) is 14.9. The molecule has 1 heterocycles. The van der Waals surface area contributed by atoms with Crippen LogP contribution in [-0.2, 0) is 19.8 Å². The van der Waals surface area contributed by atoms with Crippen molar-refractivity contribution < 1.29 is 23.1 Å². The molecule has 0 bridgehead atoms. The number of hydrogen-bond acceptors (Lipinski definition) is 4. The van der Waals surface area contributed by atoms with Crippen molar-refractivity contribution >= 4 is 22.1 Å². The Morgan fingerprint density at radius 3 is 2.67 bits per heavy atom. The second-order valence-corrected chi connectivity index (χ2v) is 6.00. The Labute approximate surface area is 106 Å². The van der Waals surface area contributed by atoms with Gasteiger partial charge in [-0.2, -0.15) is 17.4 Å². The Morgan fingerprint density at radius 1 is 1.61 bits per heavy atom. The predicted octanol–water partition coefficient (Wildman–Crippen LogP) is -1.54. The van der Waals surface area contributed by atoms with Gasteiger partial charge in [-0.15, -0.1) is 0 Å². The second-order valence-electron chi connectivity index (χ2n) is 4.19. The molecule has 104 valence electrons. The molecule has 1 aliphatic rings. The zero-order valence-corrected chi connectivity index (χ0v) is 11.1. The summed E-state index contributed by atoms with van der Waals surface area (Å²) in [5.74, 6) is -1.35. The first-order valence-electron chi connectivity index (χ1n) is 5.44. The Bertz CT molecular complexity index is 435. The summed E-state index contributed by atoms with van der Waals surface area (Å²) in [5, 5.41) is 8.49. The minimum Gasteiger partial charge on any atom is -0.481 e. The van der Waals surface area contributed by atoms with Gasteiger partial charge in [0, 0.05) is 27.2 Å². The maximum Gasteiger partial charge on any atom is 0.304 e. The number of carboxylic acids is 1. The number of likely N-dealkylation sites (N-methyl/N-ethyl adjacent to an activating group) is 1. The molecule has 0 aromatic carbocycles. The van der Waals surface area contributed by atoms with Crippen LogP contribution in [0.4, 0.5) is 0 Å². The van der Waals surface area contributed by atoms with Crippen LogP contribution < -0.4 is 4.72 Å². The molecule has 0 aromatic rings. The van der Waals surface area contributed by atoms with Gasteiger partial charge in [-0.25, -0.2) is 0 Å². The normalized spacial score (nSPS) is 20.7. The molecule has 8 nitrogen and oxygen atoms in total. The van der Waals surface area contributed by atoms with Gasteiger partial charge in [-0.3, -0.25) is 9.59 Å². The summed E-state index contributed by atoms with van der Waals surface area (Å²) in [6.07, 6.45) is 0.136. The highest BCUT2D eigenvalue weighted by Crippen LogP contribution is 2.10. The summed E-state index contributed by atoms with van der Waals surface area (Å²) in [4.78, 5) is 23.4. The molecule has 18 heavy (non-hydrogen) atoms. The van der Waals surface area contributed by atoms with E-state index in [0.29, 0.717) is 13.0 Å². The van der Waals surface area contributed by atoms with E-state index in [1.807, 2.05) is 0 Å². The topological polar surface area (TPSA) is 107 Å². The lowest BCUT2D eigenvalue weighted by Crippen LogP contribution is -2.47. The van der Waals surface area contributed by atoms with Crippen LogP contribution >= 0.6 is 0 Å². The van der Waals surface area contributed by atoms with Gasteiger partial charge in [0.05, 0.1) is 6.42 Å². The number of nitrogens with one attached hydrogen (secondary N) is 1. The third-order valence-electron chi connectivity index (χ3n) is 2.77. The molecule has 0 aliphatic carbocycles. The zero-order chi connectivity index (χ0) is 13.9. The first-order chi connectivity index (χ1) is 8.24. The highest BCUT2D eigenvalue weighted by Gasteiger charge is 2.33. The fourth-order valence-electron chi connectivity index (χ4n) is 1.57. The Kier molecular flexibility index (Phi) is 4.65. The predicted molar refractivity (Wildman–Crippen MR) is 63.0 cm³/mol. The maximum absolute atomic E-state index is 11.8. The fourth-order valence-corrected chi connectivity index (χ4v) is 2.66. The number of nitrogens with zero attached hydrogens (tertiary/aromatic N) is 2. The molecule has 1 rings (SSSR count). The van der Waals surface area contributed by atoms with E-state index in [4.69, 9.17) is 5.11 Å². The van der Waals surface area contributed by atoms with Crippen LogP contribution in [0.5, 0.6) is 0 Å². The highest BCUT2D eigenvalue weighted by atomic mass is 32.2. The lowest BCUT2D eigenvalue weighted by Gasteiger charge is -2.19. The molecular weight excluding hydrogens is 262 g/mol. The second kappa shape index (κ2) is 5.63. The van der Waals surface area contributed by atoms with Crippen molar-refractivity contribution in [3.8, 4) is 0 Å². The van der Waals surface area contributed by atoms with Crippen molar-refractivity contribution in [3.63, 3.8) is 0 Å². The van der Waals surface area contributed by atoms with Gasteiger partial charge in [0.25, 0.3) is 10.2 Å². The minimum atomic E-state index is -3.82. The molecular formula is C9H17N3O5S. The van der Waals surface area contributed by atoms with Gasteiger partial charge in [0.2, 0.25) is 5.91 Å². The smallest absolute Gasteiger partial charge is 0.304 e. The van der Waals surface area contributed by atoms with Gasteiger partial charge in [0.1, 0.15) is 6.04 Å². The number of aliphatic carboxylic acids is 1. The van der Waals surface area contributed by atoms with Crippen molar-refractivity contribution in [3.05, 3.63) is 0 Å². The van der Waals surface area contributed by atoms with E-state index in [1.165, 1.54) is 11.9 Å². The van der Waals surface area contributed by atoms with Crippen LogP contribution in [0.25, 0.3) is 0 Å². The third-order valence-corrected chi connectivity index (χ3v) is 4.36. The van der Waals surface area contributed by atoms with E-state index in [-0.39, 0.29) is 18.9 Å². The quantitative estimate of drug-likeness (QED) is 0.612. The Hall–Kier alpha value is -1.19. The van der Waals surface area contributed by atoms with E-state index in [2.05, 4.69) is 4.72 Å². The van der Waals surface area contributed by atoms with E-state index in [1.54, 1.807) is 7.05 Å². The molecule has 1 saturated heterocycles. The number of amides is 1. The number of rotatable bonds is 6. The number of carbonyl (C=O) groups excluding carboxylic acids is 1. The van der Waals surface area contributed by atoms with Crippen LogP contribution in [0.3, 0.4) is 0 Å². The molecule has 0 saturated carbocycles. The largest absolute Gasteiger partial charge is 0.481 e. The van der Waals surface area contributed by atoms with E-state index < -0.39 is 22.2 Å². The average Bonchev–Trinajstić information content (AvgIpc) is 2.57. The summed E-state index contributed by atoms with van der Waals surface area (Å²) < 4.78 is 26.8. The van der Waals surface area contributed by atoms with Crippen molar-refractivity contribution in [1.29, 1.82) is 0 Å². The summed E-state index contributed by atoms with van der Waals surface area (Å²) in [6.45, 7) is 0.367. The summed E-state index contributed by atoms with van der Waals surface area (Å²) in [7, 11) is -0.949. The Morgan fingerprint density at radius 2 is 2.22 bits per heavy atom. The SMILES string of the molecule is CN1CCC(NS(=O)(=O)N(C)CCC(=O)O)C1=O. The van der Waals surface area contributed by atoms with Crippen LogP contribution in [-0.4, -0.2) is 67.8 Å². The molecule has 1 unspecified atom stereocenters. The molecule has 0 aromatic heterocycles. The fraction of sp³-hybridized carbons (Fsp3) is 0.778. The molecule has 0 radical (unpaired) electrons. The molecule has 0 spiro atoms. The number of carbonyl (C=O) groups is 2. The lowest BCUT2D eigenvalue weighted by molar-refractivity contribution is -0.137. The molecule has 1 amide bonds. The minimum absolute atomic E-state index is 0.137. The molecule has 1 fully saturated rings. The standard InChI is InChI=1S/C9H17N3O5S/c1-11-5-3-7(9(11)15)10-18(16,17)12(2)6-4-8(13)14/h7,10H,3-6H2,1-2H3,(H,13,14). The molecule has 1 aliphatic heterocycles. The van der Waals surface area contributed by atoms with Crippen molar-refractivity contribution in [2.75, 3.05) is 27.2 Å². The molecule has 1 atom stereocenters. The van der Waals surface area contributed by atoms with E-state index in [0.717, 1.165) is 4.31 Å². The summed E-state index contributed by atoms with van der Waals surface area (Å²) in [6, 6.07) is -0.757.